The van der Waals surface area contributed by atoms with Gasteiger partial charge < -0.3 is 30.5 Å². The number of hydrogen-bond acceptors (Lipinski definition) is 8. The largest absolute Gasteiger partial charge is 0.504 e. The van der Waals surface area contributed by atoms with Crippen molar-refractivity contribution in [1.29, 1.82) is 0 Å². The minimum absolute atomic E-state index is 0.00662. The van der Waals surface area contributed by atoms with Gasteiger partial charge in [-0.2, -0.15) is 0 Å². The van der Waals surface area contributed by atoms with Gasteiger partial charge in [0.1, 0.15) is 0 Å². The Labute approximate surface area is 185 Å². The molecule has 5 N–H and O–H groups in total. The summed E-state index contributed by atoms with van der Waals surface area (Å²) >= 11 is 0. The first-order chi connectivity index (χ1) is 15.2. The average molecular weight is 443 g/mol. The van der Waals surface area contributed by atoms with E-state index in [9.17, 15) is 24.6 Å². The Kier molecular flexibility index (Phi) is 10.7. The minimum Gasteiger partial charge on any atom is -0.504 e. The Morgan fingerprint density at radius 1 is 0.844 bits per heavy atom. The Hall–Kier alpha value is -4.11. The first-order valence-electron chi connectivity index (χ1n) is 9.27. The van der Waals surface area contributed by atoms with Gasteiger partial charge in [-0.1, -0.05) is 24.3 Å². The molecule has 170 valence electrons. The highest BCUT2D eigenvalue weighted by Crippen LogP contribution is 2.27. The van der Waals surface area contributed by atoms with Gasteiger partial charge in [-0.05, 0) is 47.5 Å². The Morgan fingerprint density at radius 2 is 1.22 bits per heavy atom. The predicted octanol–water partition coefficient (Wildman–Crippen LogP) is 2.40. The molecule has 0 saturated carbocycles. The van der Waals surface area contributed by atoms with E-state index in [0.717, 1.165) is 0 Å². The lowest BCUT2D eigenvalue weighted by atomic mass is 10.1. The van der Waals surface area contributed by atoms with E-state index in [0.29, 0.717) is 22.6 Å². The number of rotatable bonds is 9. The zero-order chi connectivity index (χ0) is 24.1. The molecule has 0 heterocycles. The van der Waals surface area contributed by atoms with E-state index >= 15 is 0 Å². The fourth-order valence-electron chi connectivity index (χ4n) is 2.26. The van der Waals surface area contributed by atoms with E-state index in [-0.39, 0.29) is 36.0 Å². The third-order valence-corrected chi connectivity index (χ3v) is 3.85. The number of ether oxygens (including phenoxy) is 2. The summed E-state index contributed by atoms with van der Waals surface area (Å²) in [4.78, 5) is 33.1. The molecule has 32 heavy (non-hydrogen) atoms. The van der Waals surface area contributed by atoms with E-state index in [1.807, 2.05) is 0 Å². The number of hydrogen-bond donors (Lipinski definition) is 4. The third-order valence-electron chi connectivity index (χ3n) is 3.85. The molecule has 9 heteroatoms. The molecular weight excluding hydrogens is 418 g/mol. The summed E-state index contributed by atoms with van der Waals surface area (Å²) in [6.45, 7) is -0.278. The Balaban J connectivity index is 0.000000920. The summed E-state index contributed by atoms with van der Waals surface area (Å²) in [5, 5.41) is 26.7. The van der Waals surface area contributed by atoms with Gasteiger partial charge in [0.2, 0.25) is 0 Å². The second kappa shape index (κ2) is 13.2. The molecule has 0 amide bonds. The quantitative estimate of drug-likeness (QED) is 0.337. The van der Waals surface area contributed by atoms with E-state index in [2.05, 4.69) is 5.73 Å². The highest BCUT2D eigenvalue weighted by Gasteiger charge is 2.06. The molecular formula is C23H25NO8. The van der Waals surface area contributed by atoms with Crippen LogP contribution in [0.5, 0.6) is 23.0 Å². The number of carbonyl (C=O) groups is 3. The molecule has 0 saturated heterocycles. The number of carbonyl (C=O) groups excluding carboxylic acids is 2. The lowest BCUT2D eigenvalue weighted by Crippen LogP contribution is -2.10. The standard InChI is InChI=1S/C21H20O6.C2H5NO2/c1-26-20-11-14(5-9-18(20)24)3-7-16(22)13-17(23)8-4-15-6-10-19(25)21(12-15)27-2;3-1-2(4)5/h3-12,24-25H,13H2,1-2H3;1,3H2,(H,4,5)/b7-3+,8-4+;. The van der Waals surface area contributed by atoms with Crippen LogP contribution in [0.1, 0.15) is 17.5 Å². The van der Waals surface area contributed by atoms with Crippen molar-refractivity contribution >= 4 is 29.7 Å². The highest BCUT2D eigenvalue weighted by molar-refractivity contribution is 6.10. The molecule has 0 spiro atoms. The summed E-state index contributed by atoms with van der Waals surface area (Å²) in [5.74, 6) is -1.05. The van der Waals surface area contributed by atoms with Crippen LogP contribution in [0.15, 0.2) is 48.6 Å². The second-order valence-electron chi connectivity index (χ2n) is 6.24. The molecule has 0 aliphatic rings. The Morgan fingerprint density at radius 3 is 1.53 bits per heavy atom. The first-order valence-corrected chi connectivity index (χ1v) is 9.27. The van der Waals surface area contributed by atoms with Gasteiger partial charge in [0, 0.05) is 0 Å². The van der Waals surface area contributed by atoms with Gasteiger partial charge in [0.25, 0.3) is 0 Å². The third kappa shape index (κ3) is 9.14. The predicted molar refractivity (Wildman–Crippen MR) is 119 cm³/mol. The number of carboxylic acids is 1. The van der Waals surface area contributed by atoms with Crippen molar-refractivity contribution in [3.05, 3.63) is 59.7 Å². The van der Waals surface area contributed by atoms with Crippen LogP contribution in [-0.4, -0.2) is 53.6 Å². The van der Waals surface area contributed by atoms with Crippen molar-refractivity contribution in [3.63, 3.8) is 0 Å². The molecule has 2 aromatic carbocycles. The number of nitrogens with two attached hydrogens (primary N) is 1. The van der Waals surface area contributed by atoms with Crippen LogP contribution in [0.4, 0.5) is 0 Å². The molecule has 0 bridgehead atoms. The zero-order valence-corrected chi connectivity index (χ0v) is 17.6. The smallest absolute Gasteiger partial charge is 0.317 e. The molecule has 0 aliphatic carbocycles. The van der Waals surface area contributed by atoms with Crippen LogP contribution in [0.3, 0.4) is 0 Å². The molecule has 2 rings (SSSR count). The topological polar surface area (TPSA) is 156 Å². The van der Waals surface area contributed by atoms with E-state index in [4.69, 9.17) is 14.6 Å². The number of aromatic hydroxyl groups is 2. The maximum absolute atomic E-state index is 11.9. The van der Waals surface area contributed by atoms with Crippen LogP contribution in [0, 0.1) is 0 Å². The molecule has 0 unspecified atom stereocenters. The maximum atomic E-state index is 11.9. The van der Waals surface area contributed by atoms with Crippen LogP contribution in [0.25, 0.3) is 12.2 Å². The fourth-order valence-corrected chi connectivity index (χ4v) is 2.26. The van der Waals surface area contributed by atoms with Crippen LogP contribution < -0.4 is 15.2 Å². The van der Waals surface area contributed by atoms with Gasteiger partial charge in [-0.25, -0.2) is 0 Å². The van der Waals surface area contributed by atoms with Gasteiger partial charge in [0.05, 0.1) is 27.2 Å². The molecule has 9 nitrogen and oxygen atoms in total. The summed E-state index contributed by atoms with van der Waals surface area (Å²) in [7, 11) is 2.87. The highest BCUT2D eigenvalue weighted by atomic mass is 16.5. The number of phenolic OH excluding ortho intramolecular Hbond substituents is 2. The van der Waals surface area contributed by atoms with Crippen molar-refractivity contribution < 1.29 is 39.2 Å². The average Bonchev–Trinajstić information content (AvgIpc) is 2.78. The van der Waals surface area contributed by atoms with E-state index < -0.39 is 5.97 Å². The van der Waals surface area contributed by atoms with Gasteiger partial charge in [0.15, 0.2) is 34.6 Å². The molecule has 0 aromatic heterocycles. The first kappa shape index (κ1) is 25.9. The lowest BCUT2D eigenvalue weighted by molar-refractivity contribution is -0.135. The normalized spacial score (nSPS) is 10.5. The van der Waals surface area contributed by atoms with E-state index in [1.165, 1.54) is 38.5 Å². The van der Waals surface area contributed by atoms with E-state index in [1.54, 1.807) is 36.4 Å². The maximum Gasteiger partial charge on any atom is 0.317 e. The number of carboxylic acid groups (broad SMARTS) is 1. The summed E-state index contributed by atoms with van der Waals surface area (Å²) < 4.78 is 10.00. The molecule has 0 radical (unpaired) electrons. The number of ketones is 2. The summed E-state index contributed by atoms with van der Waals surface area (Å²) in [6, 6.07) is 9.34. The van der Waals surface area contributed by atoms with Gasteiger partial charge in [-0.15, -0.1) is 0 Å². The second-order valence-corrected chi connectivity index (χ2v) is 6.24. The number of phenols is 2. The van der Waals surface area contributed by atoms with Gasteiger partial charge in [-0.3, -0.25) is 14.4 Å². The summed E-state index contributed by atoms with van der Waals surface area (Å²) in [6.07, 6.45) is 5.44. The SMILES string of the molecule is COc1cc(/C=C/C(=O)CC(=O)/C=C/c2ccc(O)c(OC)c2)ccc1O.NCC(=O)O. The molecule has 2 aromatic rings. The number of aliphatic carboxylic acids is 1. The van der Waals surface area contributed by atoms with Crippen molar-refractivity contribution in [1.82, 2.24) is 0 Å². The summed E-state index contributed by atoms with van der Waals surface area (Å²) in [5.41, 5.74) is 5.90. The van der Waals surface area contributed by atoms with Crippen molar-refractivity contribution in [2.24, 2.45) is 5.73 Å². The fraction of sp³-hybridized carbons (Fsp3) is 0.174. The number of methoxy groups -OCH3 is 2. The van der Waals surface area contributed by atoms with Crippen molar-refractivity contribution in [2.45, 2.75) is 6.42 Å². The van der Waals surface area contributed by atoms with Crippen molar-refractivity contribution in [3.8, 4) is 23.0 Å². The van der Waals surface area contributed by atoms with Crippen molar-refractivity contribution in [2.75, 3.05) is 20.8 Å². The van der Waals surface area contributed by atoms with Crippen LogP contribution >= 0.6 is 0 Å². The number of allylic oxidation sites excluding steroid dienone is 2. The molecule has 0 aliphatic heterocycles. The number of benzene rings is 2. The minimum atomic E-state index is -0.968. The molecule has 0 atom stereocenters. The Bertz CT molecular complexity index is 938. The van der Waals surface area contributed by atoms with Gasteiger partial charge >= 0.3 is 5.97 Å². The lowest BCUT2D eigenvalue weighted by Gasteiger charge is -2.03. The molecule has 0 fully saturated rings. The van der Waals surface area contributed by atoms with Crippen LogP contribution in [-0.2, 0) is 14.4 Å². The van der Waals surface area contributed by atoms with Crippen LogP contribution in [0.2, 0.25) is 0 Å². The zero-order valence-electron chi connectivity index (χ0n) is 17.6. The monoisotopic (exact) mass is 443 g/mol.